The van der Waals surface area contributed by atoms with Crippen LogP contribution in [0.25, 0.3) is 0 Å². The summed E-state index contributed by atoms with van der Waals surface area (Å²) >= 11 is 0. The van der Waals surface area contributed by atoms with Crippen LogP contribution in [0.3, 0.4) is 0 Å². The highest BCUT2D eigenvalue weighted by Crippen LogP contribution is 2.36. The summed E-state index contributed by atoms with van der Waals surface area (Å²) in [4.78, 5) is 11.2. The summed E-state index contributed by atoms with van der Waals surface area (Å²) in [5.74, 6) is -0.739. The third-order valence-electron chi connectivity index (χ3n) is 3.14. The van der Waals surface area contributed by atoms with Gasteiger partial charge in [-0.3, -0.25) is 0 Å². The van der Waals surface area contributed by atoms with Crippen LogP contribution in [0.1, 0.15) is 24.8 Å². The Labute approximate surface area is 89.1 Å². The minimum atomic E-state index is -0.739. The molecule has 3 heteroatoms. The fourth-order valence-corrected chi connectivity index (χ4v) is 1.89. The summed E-state index contributed by atoms with van der Waals surface area (Å²) in [7, 11) is 0. The first-order valence-electron chi connectivity index (χ1n) is 5.21. The van der Waals surface area contributed by atoms with Crippen LogP contribution in [0.2, 0.25) is 0 Å². The topological polar surface area (TPSA) is 49.3 Å². The fourth-order valence-electron chi connectivity index (χ4n) is 1.89. The molecule has 1 aromatic rings. The molecule has 1 fully saturated rings. The molecule has 1 saturated carbocycles. The molecule has 80 valence electrons. The number of benzene rings is 1. The van der Waals surface area contributed by atoms with Crippen molar-refractivity contribution in [1.82, 2.24) is 0 Å². The number of anilines is 1. The molecule has 1 aliphatic carbocycles. The molecule has 0 saturated heterocycles. The number of hydrogen-bond donors (Lipinski definition) is 2. The maximum absolute atomic E-state index is 11.2. The maximum Gasteiger partial charge on any atom is 0.329 e. The van der Waals surface area contributed by atoms with Crippen molar-refractivity contribution in [3.63, 3.8) is 0 Å². The molecule has 0 bridgehead atoms. The van der Waals surface area contributed by atoms with Crippen LogP contribution >= 0.6 is 0 Å². The second-order valence-corrected chi connectivity index (χ2v) is 4.18. The first kappa shape index (κ1) is 10.0. The number of aryl methyl sites for hydroxylation is 1. The highest BCUT2D eigenvalue weighted by molar-refractivity contribution is 5.84. The van der Waals surface area contributed by atoms with Gasteiger partial charge < -0.3 is 10.4 Å². The summed E-state index contributed by atoms with van der Waals surface area (Å²) in [6.45, 7) is 1.98. The van der Waals surface area contributed by atoms with E-state index in [0.717, 1.165) is 30.5 Å². The van der Waals surface area contributed by atoms with Crippen molar-refractivity contribution in [3.05, 3.63) is 29.8 Å². The number of aliphatic carboxylic acids is 1. The quantitative estimate of drug-likeness (QED) is 0.796. The van der Waals surface area contributed by atoms with Gasteiger partial charge in [0.15, 0.2) is 0 Å². The van der Waals surface area contributed by atoms with Gasteiger partial charge in [-0.25, -0.2) is 4.79 Å². The molecule has 0 heterocycles. The molecule has 15 heavy (non-hydrogen) atoms. The van der Waals surface area contributed by atoms with Gasteiger partial charge in [-0.1, -0.05) is 18.2 Å². The summed E-state index contributed by atoms with van der Waals surface area (Å²) < 4.78 is 0. The van der Waals surface area contributed by atoms with Gasteiger partial charge in [0.2, 0.25) is 0 Å². The number of para-hydroxylation sites is 1. The Kier molecular flexibility index (Phi) is 2.39. The fraction of sp³-hybridized carbons (Fsp3) is 0.417. The van der Waals surface area contributed by atoms with Gasteiger partial charge in [-0.2, -0.15) is 0 Å². The van der Waals surface area contributed by atoms with Crippen LogP contribution in [-0.4, -0.2) is 16.6 Å². The van der Waals surface area contributed by atoms with Crippen LogP contribution in [0.5, 0.6) is 0 Å². The van der Waals surface area contributed by atoms with Gasteiger partial charge in [-0.05, 0) is 37.8 Å². The van der Waals surface area contributed by atoms with Crippen molar-refractivity contribution in [1.29, 1.82) is 0 Å². The summed E-state index contributed by atoms with van der Waals surface area (Å²) in [5, 5.41) is 12.3. The number of carboxylic acid groups (broad SMARTS) is 1. The minimum absolute atomic E-state index is 0.716. The van der Waals surface area contributed by atoms with Gasteiger partial charge in [0, 0.05) is 5.69 Å². The summed E-state index contributed by atoms with van der Waals surface area (Å²) in [6.07, 6.45) is 2.43. The van der Waals surface area contributed by atoms with Gasteiger partial charge in [0.1, 0.15) is 5.54 Å². The molecule has 2 N–H and O–H groups in total. The molecule has 1 aromatic carbocycles. The smallest absolute Gasteiger partial charge is 0.329 e. The van der Waals surface area contributed by atoms with Gasteiger partial charge in [0.25, 0.3) is 0 Å². The molecule has 0 aliphatic heterocycles. The van der Waals surface area contributed by atoms with Crippen LogP contribution in [0.4, 0.5) is 5.69 Å². The lowest BCUT2D eigenvalue weighted by Gasteiger charge is -2.39. The second-order valence-electron chi connectivity index (χ2n) is 4.18. The van der Waals surface area contributed by atoms with Crippen LogP contribution in [-0.2, 0) is 4.79 Å². The average Bonchev–Trinajstić information content (AvgIpc) is 2.13. The van der Waals surface area contributed by atoms with E-state index in [0.29, 0.717) is 0 Å². The van der Waals surface area contributed by atoms with Crippen molar-refractivity contribution in [2.75, 3.05) is 5.32 Å². The molecular formula is C12H15NO2. The predicted molar refractivity (Wildman–Crippen MR) is 59.0 cm³/mol. The first-order valence-corrected chi connectivity index (χ1v) is 5.21. The van der Waals surface area contributed by atoms with E-state index in [2.05, 4.69) is 5.32 Å². The molecular weight excluding hydrogens is 190 g/mol. The molecule has 0 unspecified atom stereocenters. The van der Waals surface area contributed by atoms with Crippen molar-refractivity contribution in [3.8, 4) is 0 Å². The molecule has 3 nitrogen and oxygen atoms in total. The van der Waals surface area contributed by atoms with Crippen LogP contribution in [0, 0.1) is 6.92 Å². The Hall–Kier alpha value is -1.51. The van der Waals surface area contributed by atoms with Crippen molar-refractivity contribution in [2.45, 2.75) is 31.7 Å². The molecule has 0 aromatic heterocycles. The zero-order valence-electron chi connectivity index (χ0n) is 8.79. The SMILES string of the molecule is Cc1ccccc1NC1(C(=O)O)CCC1. The third kappa shape index (κ3) is 1.69. The van der Waals surface area contributed by atoms with E-state index < -0.39 is 11.5 Å². The number of nitrogens with one attached hydrogen (secondary N) is 1. The lowest BCUT2D eigenvalue weighted by atomic mass is 9.76. The lowest BCUT2D eigenvalue weighted by molar-refractivity contribution is -0.145. The van der Waals surface area contributed by atoms with Crippen LogP contribution in [0.15, 0.2) is 24.3 Å². The Morgan fingerprint density at radius 1 is 1.40 bits per heavy atom. The highest BCUT2D eigenvalue weighted by Gasteiger charge is 2.44. The number of carbonyl (C=O) groups is 1. The first-order chi connectivity index (χ1) is 7.14. The van der Waals surface area contributed by atoms with E-state index in [1.165, 1.54) is 0 Å². The zero-order valence-corrected chi connectivity index (χ0v) is 8.79. The largest absolute Gasteiger partial charge is 0.480 e. The normalized spacial score (nSPS) is 17.9. The number of hydrogen-bond acceptors (Lipinski definition) is 2. The van der Waals surface area contributed by atoms with Gasteiger partial charge in [-0.15, -0.1) is 0 Å². The number of carboxylic acids is 1. The maximum atomic E-state index is 11.2. The molecule has 0 radical (unpaired) electrons. The number of rotatable bonds is 3. The van der Waals surface area contributed by atoms with E-state index in [1.54, 1.807) is 0 Å². The molecule has 2 rings (SSSR count). The third-order valence-corrected chi connectivity index (χ3v) is 3.14. The monoisotopic (exact) mass is 205 g/mol. The molecule has 0 atom stereocenters. The van der Waals surface area contributed by atoms with Crippen LogP contribution < -0.4 is 5.32 Å². The lowest BCUT2D eigenvalue weighted by Crippen LogP contribution is -2.52. The van der Waals surface area contributed by atoms with Crippen molar-refractivity contribution < 1.29 is 9.90 Å². The molecule has 0 spiro atoms. The van der Waals surface area contributed by atoms with E-state index >= 15 is 0 Å². The molecule has 0 amide bonds. The average molecular weight is 205 g/mol. The minimum Gasteiger partial charge on any atom is -0.480 e. The Morgan fingerprint density at radius 3 is 2.53 bits per heavy atom. The summed E-state index contributed by atoms with van der Waals surface area (Å²) in [5.41, 5.74) is 1.30. The Bertz CT molecular complexity index is 383. The van der Waals surface area contributed by atoms with E-state index in [1.807, 2.05) is 31.2 Å². The van der Waals surface area contributed by atoms with E-state index in [9.17, 15) is 9.90 Å². The van der Waals surface area contributed by atoms with E-state index in [-0.39, 0.29) is 0 Å². The van der Waals surface area contributed by atoms with Crippen molar-refractivity contribution in [2.24, 2.45) is 0 Å². The van der Waals surface area contributed by atoms with Crippen molar-refractivity contribution >= 4 is 11.7 Å². The standard InChI is InChI=1S/C12H15NO2/c1-9-5-2-3-6-10(9)13-12(11(14)15)7-4-8-12/h2-3,5-6,13H,4,7-8H2,1H3,(H,14,15). The molecule has 1 aliphatic rings. The predicted octanol–water partition coefficient (Wildman–Crippen LogP) is 2.41. The van der Waals surface area contributed by atoms with E-state index in [4.69, 9.17) is 0 Å². The Balaban J connectivity index is 2.21. The van der Waals surface area contributed by atoms with Gasteiger partial charge >= 0.3 is 5.97 Å². The highest BCUT2D eigenvalue weighted by atomic mass is 16.4. The zero-order chi connectivity index (χ0) is 10.9. The summed E-state index contributed by atoms with van der Waals surface area (Å²) in [6, 6.07) is 7.78. The Morgan fingerprint density at radius 2 is 2.07 bits per heavy atom. The van der Waals surface area contributed by atoms with Gasteiger partial charge in [0.05, 0.1) is 0 Å². The second kappa shape index (κ2) is 3.57.